The van der Waals surface area contributed by atoms with Crippen LogP contribution in [-0.2, 0) is 0 Å². The summed E-state index contributed by atoms with van der Waals surface area (Å²) in [5.41, 5.74) is 1.18. The molecule has 4 heteroatoms. The van der Waals surface area contributed by atoms with E-state index in [4.69, 9.17) is 11.6 Å². The molecule has 2 nitrogen and oxygen atoms in total. The zero-order valence-corrected chi connectivity index (χ0v) is 13.3. The van der Waals surface area contributed by atoms with Crippen LogP contribution in [0.4, 0.5) is 0 Å². The normalized spacial score (nSPS) is 20.0. The van der Waals surface area contributed by atoms with Crippen molar-refractivity contribution < 1.29 is 0 Å². The number of hydrogen-bond donors (Lipinski definition) is 1. The molecule has 0 radical (unpaired) electrons. The van der Waals surface area contributed by atoms with E-state index in [0.717, 1.165) is 9.50 Å². The van der Waals surface area contributed by atoms with E-state index in [0.29, 0.717) is 12.1 Å². The second kappa shape index (κ2) is 6.38. The molecule has 1 aromatic rings. The van der Waals surface area contributed by atoms with E-state index in [9.17, 15) is 0 Å². The van der Waals surface area contributed by atoms with Crippen molar-refractivity contribution in [2.75, 3.05) is 20.1 Å². The Kier molecular flexibility index (Phi) is 5.07. The van der Waals surface area contributed by atoms with E-state index in [1.165, 1.54) is 31.5 Å². The van der Waals surface area contributed by atoms with E-state index in [1.54, 1.807) is 0 Å². The van der Waals surface area contributed by atoms with Crippen molar-refractivity contribution in [2.45, 2.75) is 31.8 Å². The fourth-order valence-electron chi connectivity index (χ4n) is 2.47. The molecule has 0 aromatic heterocycles. The van der Waals surface area contributed by atoms with Crippen LogP contribution in [0.25, 0.3) is 0 Å². The standard InChI is InChI=1S/C14H20BrClN2/c1-10(13-4-3-11(15)9-14(13)16)17-12-5-7-18(2)8-6-12/h3-4,9-10,12,17H,5-8H2,1-2H3. The van der Waals surface area contributed by atoms with Crippen molar-refractivity contribution in [1.82, 2.24) is 10.2 Å². The molecule has 100 valence electrons. The van der Waals surface area contributed by atoms with Gasteiger partial charge in [-0.1, -0.05) is 33.6 Å². The molecule has 0 bridgehead atoms. The highest BCUT2D eigenvalue weighted by molar-refractivity contribution is 9.10. The summed E-state index contributed by atoms with van der Waals surface area (Å²) in [6.07, 6.45) is 2.43. The average Bonchev–Trinajstić information content (AvgIpc) is 2.32. The Hall–Kier alpha value is -0.0900. The van der Waals surface area contributed by atoms with Crippen LogP contribution in [0.15, 0.2) is 22.7 Å². The minimum Gasteiger partial charge on any atom is -0.307 e. The molecular weight excluding hydrogens is 312 g/mol. The third-order valence-electron chi connectivity index (χ3n) is 3.63. The van der Waals surface area contributed by atoms with E-state index >= 15 is 0 Å². The number of rotatable bonds is 3. The molecular formula is C14H20BrClN2. The predicted molar refractivity (Wildman–Crippen MR) is 81.2 cm³/mol. The molecule has 0 aliphatic carbocycles. The van der Waals surface area contributed by atoms with Crippen LogP contribution in [0.5, 0.6) is 0 Å². The van der Waals surface area contributed by atoms with Gasteiger partial charge in [0.2, 0.25) is 0 Å². The van der Waals surface area contributed by atoms with Crippen LogP contribution in [0.2, 0.25) is 5.02 Å². The molecule has 1 aromatic carbocycles. The van der Waals surface area contributed by atoms with Gasteiger partial charge in [0.1, 0.15) is 0 Å². The van der Waals surface area contributed by atoms with Gasteiger partial charge in [-0.25, -0.2) is 0 Å². The lowest BCUT2D eigenvalue weighted by Gasteiger charge is -2.32. The number of halogens is 2. The smallest absolute Gasteiger partial charge is 0.0464 e. The third-order valence-corrected chi connectivity index (χ3v) is 4.45. The molecule has 1 atom stereocenters. The van der Waals surface area contributed by atoms with Gasteiger partial charge in [0.15, 0.2) is 0 Å². The number of nitrogens with zero attached hydrogens (tertiary/aromatic N) is 1. The van der Waals surface area contributed by atoms with Crippen molar-refractivity contribution in [2.24, 2.45) is 0 Å². The summed E-state index contributed by atoms with van der Waals surface area (Å²) in [7, 11) is 2.19. The lowest BCUT2D eigenvalue weighted by atomic mass is 10.0. The summed E-state index contributed by atoms with van der Waals surface area (Å²) in [5.74, 6) is 0. The molecule has 1 N–H and O–H groups in total. The lowest BCUT2D eigenvalue weighted by molar-refractivity contribution is 0.226. The molecule has 18 heavy (non-hydrogen) atoms. The van der Waals surface area contributed by atoms with Gasteiger partial charge < -0.3 is 10.2 Å². The molecule has 0 saturated carbocycles. The second-order valence-electron chi connectivity index (χ2n) is 5.13. The number of likely N-dealkylation sites (tertiary alicyclic amines) is 1. The monoisotopic (exact) mass is 330 g/mol. The number of piperidine rings is 1. The number of nitrogens with one attached hydrogen (secondary N) is 1. The van der Waals surface area contributed by atoms with Crippen molar-refractivity contribution in [1.29, 1.82) is 0 Å². The SMILES string of the molecule is CC(NC1CCN(C)CC1)c1ccc(Br)cc1Cl. The largest absolute Gasteiger partial charge is 0.307 e. The average molecular weight is 332 g/mol. The van der Waals surface area contributed by atoms with E-state index < -0.39 is 0 Å². The summed E-state index contributed by atoms with van der Waals surface area (Å²) in [6, 6.07) is 7.02. The summed E-state index contributed by atoms with van der Waals surface area (Å²) in [4.78, 5) is 2.38. The molecule has 1 aliphatic heterocycles. The highest BCUT2D eigenvalue weighted by Crippen LogP contribution is 2.27. The Bertz CT molecular complexity index is 403. The second-order valence-corrected chi connectivity index (χ2v) is 6.45. The van der Waals surface area contributed by atoms with Gasteiger partial charge in [0.25, 0.3) is 0 Å². The Morgan fingerprint density at radius 3 is 2.67 bits per heavy atom. The third kappa shape index (κ3) is 3.70. The van der Waals surface area contributed by atoms with Crippen LogP contribution in [0, 0.1) is 0 Å². The van der Waals surface area contributed by atoms with E-state index in [1.807, 2.05) is 12.1 Å². The predicted octanol–water partition coefficient (Wildman–Crippen LogP) is 3.85. The fourth-order valence-corrected chi connectivity index (χ4v) is 3.31. The minimum atomic E-state index is 0.305. The molecule has 1 aliphatic rings. The Morgan fingerprint density at radius 2 is 2.06 bits per heavy atom. The van der Waals surface area contributed by atoms with Gasteiger partial charge in [-0.05, 0) is 57.6 Å². The summed E-state index contributed by atoms with van der Waals surface area (Å²) >= 11 is 9.73. The van der Waals surface area contributed by atoms with Gasteiger partial charge >= 0.3 is 0 Å². The van der Waals surface area contributed by atoms with Gasteiger partial charge in [-0.3, -0.25) is 0 Å². The van der Waals surface area contributed by atoms with Gasteiger partial charge in [0.05, 0.1) is 0 Å². The summed E-state index contributed by atoms with van der Waals surface area (Å²) < 4.78 is 1.03. The minimum absolute atomic E-state index is 0.305. The molecule has 0 spiro atoms. The van der Waals surface area contributed by atoms with E-state index in [-0.39, 0.29) is 0 Å². The quantitative estimate of drug-likeness (QED) is 0.905. The Morgan fingerprint density at radius 1 is 1.39 bits per heavy atom. The topological polar surface area (TPSA) is 15.3 Å². The van der Waals surface area contributed by atoms with Crippen molar-refractivity contribution in [3.05, 3.63) is 33.3 Å². The van der Waals surface area contributed by atoms with Crippen LogP contribution < -0.4 is 5.32 Å². The molecule has 1 heterocycles. The van der Waals surface area contributed by atoms with Crippen LogP contribution in [0.1, 0.15) is 31.4 Å². The number of benzene rings is 1. The molecule has 0 amide bonds. The Labute approximate surface area is 123 Å². The fraction of sp³-hybridized carbons (Fsp3) is 0.571. The Balaban J connectivity index is 1.97. The highest BCUT2D eigenvalue weighted by Gasteiger charge is 2.19. The first-order valence-corrected chi connectivity index (χ1v) is 7.63. The summed E-state index contributed by atoms with van der Waals surface area (Å²) in [6.45, 7) is 4.55. The van der Waals surface area contributed by atoms with Crippen LogP contribution in [0.3, 0.4) is 0 Å². The highest BCUT2D eigenvalue weighted by atomic mass is 79.9. The molecule has 1 fully saturated rings. The summed E-state index contributed by atoms with van der Waals surface area (Å²) in [5, 5.41) is 4.52. The zero-order valence-electron chi connectivity index (χ0n) is 10.9. The van der Waals surface area contributed by atoms with Gasteiger partial charge in [-0.15, -0.1) is 0 Å². The van der Waals surface area contributed by atoms with E-state index in [2.05, 4.69) is 46.2 Å². The van der Waals surface area contributed by atoms with Crippen molar-refractivity contribution >= 4 is 27.5 Å². The lowest BCUT2D eigenvalue weighted by Crippen LogP contribution is -2.41. The number of hydrogen-bond acceptors (Lipinski definition) is 2. The maximum absolute atomic E-state index is 6.29. The van der Waals surface area contributed by atoms with Crippen LogP contribution >= 0.6 is 27.5 Å². The maximum atomic E-state index is 6.29. The zero-order chi connectivity index (χ0) is 13.1. The molecule has 2 rings (SSSR count). The van der Waals surface area contributed by atoms with Gasteiger partial charge in [-0.2, -0.15) is 0 Å². The van der Waals surface area contributed by atoms with Crippen LogP contribution in [-0.4, -0.2) is 31.1 Å². The van der Waals surface area contributed by atoms with Crippen molar-refractivity contribution in [3.8, 4) is 0 Å². The molecule has 1 unspecified atom stereocenters. The first kappa shape index (κ1) is 14.3. The first-order valence-electron chi connectivity index (χ1n) is 6.46. The molecule has 1 saturated heterocycles. The van der Waals surface area contributed by atoms with Gasteiger partial charge in [0, 0.05) is 21.6 Å². The first-order chi connectivity index (χ1) is 8.56. The van der Waals surface area contributed by atoms with Crippen molar-refractivity contribution in [3.63, 3.8) is 0 Å². The maximum Gasteiger partial charge on any atom is 0.0464 e.